The molecule has 0 saturated carbocycles. The quantitative estimate of drug-likeness (QED) is 0.356. The van der Waals surface area contributed by atoms with Gasteiger partial charge in [0, 0.05) is 21.2 Å². The van der Waals surface area contributed by atoms with Gasteiger partial charge >= 0.3 is 17.8 Å². The maximum absolute atomic E-state index is 13.8. The van der Waals surface area contributed by atoms with Crippen LogP contribution >= 0.6 is 34.8 Å². The number of hydrazine groups is 1. The summed E-state index contributed by atoms with van der Waals surface area (Å²) in [6, 6.07) is 10.9. The van der Waals surface area contributed by atoms with Crippen molar-refractivity contribution in [3.05, 3.63) is 68.8 Å². The number of alkyl halides is 6. The molecule has 0 aliphatic carbocycles. The molecule has 0 bridgehead atoms. The molecule has 3 aromatic rings. The highest BCUT2D eigenvalue weighted by Crippen LogP contribution is 2.49. The molecule has 1 aromatic heterocycles. The third-order valence-corrected chi connectivity index (χ3v) is 6.34. The van der Waals surface area contributed by atoms with Crippen molar-refractivity contribution >= 4 is 40.7 Å². The van der Waals surface area contributed by atoms with Crippen LogP contribution in [-0.2, 0) is 0 Å². The molecule has 1 N–H and O–H groups in total. The van der Waals surface area contributed by atoms with Gasteiger partial charge in [0.1, 0.15) is 0 Å². The molecule has 36 heavy (non-hydrogen) atoms. The molecule has 0 unspecified atom stereocenters. The number of halogens is 9. The van der Waals surface area contributed by atoms with Crippen LogP contribution in [0, 0.1) is 6.92 Å². The van der Waals surface area contributed by atoms with Gasteiger partial charge in [-0.1, -0.05) is 46.9 Å². The summed E-state index contributed by atoms with van der Waals surface area (Å²) in [5.41, 5.74) is 2.91. The highest BCUT2D eigenvalue weighted by Gasteiger charge is 2.75. The minimum Gasteiger partial charge on any atom is -0.283 e. The molecular formula is C22H15Cl3F6N4O. The lowest BCUT2D eigenvalue weighted by molar-refractivity contribution is -0.341. The van der Waals surface area contributed by atoms with Crippen LogP contribution in [0.3, 0.4) is 0 Å². The lowest BCUT2D eigenvalue weighted by Crippen LogP contribution is -2.69. The predicted molar refractivity (Wildman–Crippen MR) is 123 cm³/mol. The summed E-state index contributed by atoms with van der Waals surface area (Å²) in [5.74, 6) is -16.9. The SMILES string of the molecule is Cc1c(C(=O)NN2CC(F)(F)C(F)(F)C(F)(F)C2)nn(-c2ccc(Cl)cc2Cl)c1-c1ccc(Cl)cc1. The maximum atomic E-state index is 13.8. The van der Waals surface area contributed by atoms with E-state index in [4.69, 9.17) is 34.8 Å². The van der Waals surface area contributed by atoms with E-state index in [-0.39, 0.29) is 21.3 Å². The van der Waals surface area contributed by atoms with E-state index in [1.165, 1.54) is 29.8 Å². The fourth-order valence-electron chi connectivity index (χ4n) is 3.76. The van der Waals surface area contributed by atoms with E-state index in [1.807, 2.05) is 5.43 Å². The van der Waals surface area contributed by atoms with Crippen molar-refractivity contribution in [2.45, 2.75) is 24.7 Å². The second-order valence-corrected chi connectivity index (χ2v) is 9.40. The number of hydrogen-bond acceptors (Lipinski definition) is 3. The van der Waals surface area contributed by atoms with Crippen molar-refractivity contribution in [3.63, 3.8) is 0 Å². The van der Waals surface area contributed by atoms with Gasteiger partial charge in [0.15, 0.2) is 5.69 Å². The molecule has 2 heterocycles. The summed E-state index contributed by atoms with van der Waals surface area (Å²) in [4.78, 5) is 13.0. The molecule has 0 spiro atoms. The van der Waals surface area contributed by atoms with E-state index >= 15 is 0 Å². The number of amides is 1. The summed E-state index contributed by atoms with van der Waals surface area (Å²) in [6.45, 7) is -2.16. The Morgan fingerprint density at radius 3 is 2.03 bits per heavy atom. The van der Waals surface area contributed by atoms with Crippen molar-refractivity contribution in [1.29, 1.82) is 0 Å². The molecule has 1 aliphatic heterocycles. The minimum atomic E-state index is -5.58. The van der Waals surface area contributed by atoms with Gasteiger partial charge in [0.05, 0.1) is 29.5 Å². The van der Waals surface area contributed by atoms with Crippen molar-refractivity contribution < 1.29 is 31.1 Å². The van der Waals surface area contributed by atoms with Gasteiger partial charge in [0.25, 0.3) is 5.91 Å². The number of nitrogens with one attached hydrogen (secondary N) is 1. The Morgan fingerprint density at radius 1 is 0.917 bits per heavy atom. The summed E-state index contributed by atoms with van der Waals surface area (Å²) in [6.07, 6.45) is 0. The van der Waals surface area contributed by atoms with Gasteiger partial charge in [-0.3, -0.25) is 10.2 Å². The fourth-order valence-corrected chi connectivity index (χ4v) is 4.38. The lowest BCUT2D eigenvalue weighted by Gasteiger charge is -2.42. The number of nitrogens with zero attached hydrogens (tertiary/aromatic N) is 3. The molecule has 1 amide bonds. The van der Waals surface area contributed by atoms with E-state index in [0.717, 1.165) is 0 Å². The average molecular weight is 572 g/mol. The zero-order valence-electron chi connectivity index (χ0n) is 18.1. The summed E-state index contributed by atoms with van der Waals surface area (Å²) < 4.78 is 83.5. The van der Waals surface area contributed by atoms with Crippen LogP contribution in [0.5, 0.6) is 0 Å². The summed E-state index contributed by atoms with van der Waals surface area (Å²) in [5, 5.41) is 5.18. The van der Waals surface area contributed by atoms with Crippen molar-refractivity contribution in [2.75, 3.05) is 13.1 Å². The third-order valence-electron chi connectivity index (χ3n) is 5.55. The van der Waals surface area contributed by atoms with E-state index in [2.05, 4.69) is 5.10 Å². The number of aromatic nitrogens is 2. The van der Waals surface area contributed by atoms with Crippen LogP contribution in [0.2, 0.25) is 15.1 Å². The Kier molecular flexibility index (Phi) is 6.74. The molecular weight excluding hydrogens is 557 g/mol. The van der Waals surface area contributed by atoms with Crippen LogP contribution < -0.4 is 5.43 Å². The summed E-state index contributed by atoms with van der Waals surface area (Å²) in [7, 11) is 0. The monoisotopic (exact) mass is 570 g/mol. The Labute approximate surface area is 215 Å². The Bertz CT molecular complexity index is 1310. The van der Waals surface area contributed by atoms with Gasteiger partial charge in [-0.25, -0.2) is 9.69 Å². The van der Waals surface area contributed by atoms with Crippen LogP contribution in [-0.4, -0.2) is 51.6 Å². The largest absolute Gasteiger partial charge is 0.374 e. The molecule has 4 rings (SSSR count). The zero-order chi connectivity index (χ0) is 26.6. The molecule has 1 aliphatic rings. The number of benzene rings is 2. The second-order valence-electron chi connectivity index (χ2n) is 8.12. The highest BCUT2D eigenvalue weighted by atomic mass is 35.5. The first kappa shape index (κ1) is 26.6. The van der Waals surface area contributed by atoms with Crippen molar-refractivity contribution in [3.8, 4) is 16.9 Å². The standard InChI is InChI=1S/C22H15Cl3F6N4O/c1-11-17(19(36)33-34-9-20(26,27)22(30,31)21(28,29)10-34)32-35(16-7-6-14(24)8-15(16)25)18(11)12-2-4-13(23)5-3-12/h2-8H,9-10H2,1H3,(H,33,36). The van der Waals surface area contributed by atoms with Gasteiger partial charge in [-0.05, 0) is 37.3 Å². The van der Waals surface area contributed by atoms with Crippen molar-refractivity contribution in [1.82, 2.24) is 20.2 Å². The first-order chi connectivity index (χ1) is 16.6. The van der Waals surface area contributed by atoms with Crippen molar-refractivity contribution in [2.24, 2.45) is 0 Å². The topological polar surface area (TPSA) is 50.2 Å². The number of rotatable bonds is 4. The van der Waals surface area contributed by atoms with Gasteiger partial charge < -0.3 is 0 Å². The summed E-state index contributed by atoms with van der Waals surface area (Å²) >= 11 is 18.3. The predicted octanol–water partition coefficient (Wildman–Crippen LogP) is 6.67. The third kappa shape index (κ3) is 4.53. The molecule has 0 atom stereocenters. The average Bonchev–Trinajstić information content (AvgIpc) is 3.09. The number of piperidine rings is 1. The molecule has 1 fully saturated rings. The Morgan fingerprint density at radius 2 is 1.47 bits per heavy atom. The van der Waals surface area contributed by atoms with E-state index in [1.54, 1.807) is 24.3 Å². The number of carbonyl (C=O) groups excluding carboxylic acids is 1. The fraction of sp³-hybridized carbons (Fsp3) is 0.273. The van der Waals surface area contributed by atoms with Crippen LogP contribution in [0.4, 0.5) is 26.3 Å². The van der Waals surface area contributed by atoms with E-state index < -0.39 is 36.8 Å². The van der Waals surface area contributed by atoms with Crippen LogP contribution in [0.15, 0.2) is 42.5 Å². The number of hydrogen-bond donors (Lipinski definition) is 1. The first-order valence-electron chi connectivity index (χ1n) is 10.1. The molecule has 192 valence electrons. The van der Waals surface area contributed by atoms with E-state index in [9.17, 15) is 31.1 Å². The maximum Gasteiger partial charge on any atom is 0.374 e. The smallest absolute Gasteiger partial charge is 0.283 e. The minimum absolute atomic E-state index is 0.0510. The zero-order valence-corrected chi connectivity index (χ0v) is 20.4. The Balaban J connectivity index is 1.76. The Hall–Kier alpha value is -2.47. The normalized spacial score (nSPS) is 18.7. The first-order valence-corrected chi connectivity index (χ1v) is 11.3. The van der Waals surface area contributed by atoms with Crippen LogP contribution in [0.1, 0.15) is 16.1 Å². The van der Waals surface area contributed by atoms with Gasteiger partial charge in [-0.2, -0.15) is 31.4 Å². The molecule has 5 nitrogen and oxygen atoms in total. The molecule has 14 heteroatoms. The molecule has 1 saturated heterocycles. The molecule has 2 aromatic carbocycles. The highest BCUT2D eigenvalue weighted by molar-refractivity contribution is 6.35. The lowest BCUT2D eigenvalue weighted by atomic mass is 10.00. The number of carbonyl (C=O) groups is 1. The van der Waals surface area contributed by atoms with Gasteiger partial charge in [-0.15, -0.1) is 0 Å². The van der Waals surface area contributed by atoms with E-state index in [0.29, 0.717) is 27.0 Å². The molecule has 0 radical (unpaired) electrons. The second kappa shape index (κ2) is 9.13. The van der Waals surface area contributed by atoms with Crippen LogP contribution in [0.25, 0.3) is 16.9 Å². The van der Waals surface area contributed by atoms with Gasteiger partial charge in [0.2, 0.25) is 0 Å².